The van der Waals surface area contributed by atoms with Crippen LogP contribution in [0.2, 0.25) is 0 Å². The molecule has 1 aliphatic heterocycles. The van der Waals surface area contributed by atoms with E-state index in [-0.39, 0.29) is 21.1 Å². The highest BCUT2D eigenvalue weighted by molar-refractivity contribution is 9.10. The Morgan fingerprint density at radius 3 is 2.67 bits per heavy atom. The minimum atomic E-state index is -0.499. The van der Waals surface area contributed by atoms with E-state index >= 15 is 0 Å². The van der Waals surface area contributed by atoms with Gasteiger partial charge in [0.2, 0.25) is 5.91 Å². The van der Waals surface area contributed by atoms with Crippen LogP contribution in [0.5, 0.6) is 0 Å². The van der Waals surface area contributed by atoms with Crippen molar-refractivity contribution in [2.45, 2.75) is 25.8 Å². The molecule has 1 unspecified atom stereocenters. The maximum Gasteiger partial charge on any atom is 0.244 e. The molecule has 0 radical (unpaired) electrons. The van der Waals surface area contributed by atoms with Gasteiger partial charge in [-0.05, 0) is 47.8 Å². The normalized spacial score (nSPS) is 15.9. The SMILES string of the molecule is CC(Nc1ccc(C(N)=S)c(Br)c1F)C(=O)N1CCCC1. The van der Waals surface area contributed by atoms with E-state index in [9.17, 15) is 9.18 Å². The minimum Gasteiger partial charge on any atom is -0.389 e. The molecule has 2 rings (SSSR count). The number of nitrogens with zero attached hydrogens (tertiary/aromatic N) is 1. The molecule has 7 heteroatoms. The number of likely N-dealkylation sites (tertiary alicyclic amines) is 1. The van der Waals surface area contributed by atoms with Gasteiger partial charge in [-0.15, -0.1) is 0 Å². The Kier molecular flexibility index (Phi) is 5.16. The number of benzene rings is 1. The van der Waals surface area contributed by atoms with Crippen LogP contribution in [0.25, 0.3) is 0 Å². The standard InChI is InChI=1S/C14H17BrFN3OS/c1-8(14(20)19-6-2-3-7-19)18-10-5-4-9(13(17)21)11(15)12(10)16/h4-5,8,18H,2-3,6-7H2,1H3,(H2,17,21). The quantitative estimate of drug-likeness (QED) is 0.796. The number of hydrogen-bond donors (Lipinski definition) is 2. The van der Waals surface area contributed by atoms with E-state index in [1.807, 2.05) is 0 Å². The number of rotatable bonds is 4. The number of carbonyl (C=O) groups is 1. The molecular formula is C14H17BrFN3OS. The summed E-state index contributed by atoms with van der Waals surface area (Å²) < 4.78 is 14.5. The second-order valence-corrected chi connectivity index (χ2v) is 6.28. The van der Waals surface area contributed by atoms with E-state index in [2.05, 4.69) is 21.2 Å². The van der Waals surface area contributed by atoms with Gasteiger partial charge in [0.25, 0.3) is 0 Å². The van der Waals surface area contributed by atoms with Crippen molar-refractivity contribution in [1.29, 1.82) is 0 Å². The number of nitrogens with two attached hydrogens (primary N) is 1. The molecule has 1 aromatic rings. The molecule has 0 saturated carbocycles. The lowest BCUT2D eigenvalue weighted by Crippen LogP contribution is -2.39. The van der Waals surface area contributed by atoms with Crippen LogP contribution in [0.1, 0.15) is 25.3 Å². The molecule has 0 aliphatic carbocycles. The topological polar surface area (TPSA) is 58.4 Å². The summed E-state index contributed by atoms with van der Waals surface area (Å²) in [5, 5.41) is 2.91. The van der Waals surface area contributed by atoms with Crippen molar-refractivity contribution < 1.29 is 9.18 Å². The van der Waals surface area contributed by atoms with Crippen LogP contribution in [0.15, 0.2) is 16.6 Å². The highest BCUT2D eigenvalue weighted by Crippen LogP contribution is 2.27. The third-order valence-electron chi connectivity index (χ3n) is 3.51. The summed E-state index contributed by atoms with van der Waals surface area (Å²) in [7, 11) is 0. The third kappa shape index (κ3) is 3.52. The Labute approximate surface area is 137 Å². The summed E-state index contributed by atoms with van der Waals surface area (Å²) >= 11 is 8.00. The number of hydrogen-bond acceptors (Lipinski definition) is 3. The van der Waals surface area contributed by atoms with Gasteiger partial charge >= 0.3 is 0 Å². The lowest BCUT2D eigenvalue weighted by molar-refractivity contribution is -0.130. The average molecular weight is 374 g/mol. The van der Waals surface area contributed by atoms with Crippen LogP contribution >= 0.6 is 28.1 Å². The minimum absolute atomic E-state index is 0.0126. The van der Waals surface area contributed by atoms with Gasteiger partial charge < -0.3 is 16.0 Å². The molecule has 4 nitrogen and oxygen atoms in total. The Hall–Kier alpha value is -1.21. The van der Waals surface area contributed by atoms with Crippen molar-refractivity contribution in [2.75, 3.05) is 18.4 Å². The second-order valence-electron chi connectivity index (χ2n) is 5.05. The van der Waals surface area contributed by atoms with Crippen molar-refractivity contribution in [1.82, 2.24) is 4.90 Å². The smallest absolute Gasteiger partial charge is 0.244 e. The van der Waals surface area contributed by atoms with Gasteiger partial charge in [0.1, 0.15) is 11.0 Å². The molecule has 1 saturated heterocycles. The highest BCUT2D eigenvalue weighted by Gasteiger charge is 2.24. The lowest BCUT2D eigenvalue weighted by atomic mass is 10.1. The van der Waals surface area contributed by atoms with Crippen molar-refractivity contribution in [3.05, 3.63) is 28.0 Å². The van der Waals surface area contributed by atoms with Gasteiger partial charge in [0.15, 0.2) is 5.82 Å². The van der Waals surface area contributed by atoms with E-state index in [0.717, 1.165) is 25.9 Å². The molecule has 1 heterocycles. The molecule has 0 aromatic heterocycles. The van der Waals surface area contributed by atoms with E-state index in [1.165, 1.54) is 0 Å². The van der Waals surface area contributed by atoms with E-state index in [4.69, 9.17) is 18.0 Å². The first-order valence-electron chi connectivity index (χ1n) is 6.75. The molecule has 1 amide bonds. The molecule has 3 N–H and O–H groups in total. The van der Waals surface area contributed by atoms with Gasteiger partial charge in [-0.3, -0.25) is 4.79 Å². The van der Waals surface area contributed by atoms with Crippen LogP contribution in [0, 0.1) is 5.82 Å². The first kappa shape index (κ1) is 16.2. The van der Waals surface area contributed by atoms with Gasteiger partial charge in [-0.2, -0.15) is 0 Å². The molecule has 1 fully saturated rings. The summed E-state index contributed by atoms with van der Waals surface area (Å²) in [6.07, 6.45) is 2.06. The Morgan fingerprint density at radius 1 is 1.48 bits per heavy atom. The van der Waals surface area contributed by atoms with Crippen molar-refractivity contribution in [3.63, 3.8) is 0 Å². The zero-order chi connectivity index (χ0) is 15.6. The zero-order valence-corrected chi connectivity index (χ0v) is 14.1. The summed E-state index contributed by atoms with van der Waals surface area (Å²) in [6, 6.07) is 2.69. The zero-order valence-electron chi connectivity index (χ0n) is 11.7. The van der Waals surface area contributed by atoms with Gasteiger partial charge in [-0.25, -0.2) is 4.39 Å². The lowest BCUT2D eigenvalue weighted by Gasteiger charge is -2.22. The number of nitrogens with one attached hydrogen (secondary N) is 1. The predicted molar refractivity (Wildman–Crippen MR) is 88.9 cm³/mol. The molecule has 21 heavy (non-hydrogen) atoms. The maximum absolute atomic E-state index is 14.3. The summed E-state index contributed by atoms with van der Waals surface area (Å²) in [6.45, 7) is 3.28. The van der Waals surface area contributed by atoms with E-state index < -0.39 is 11.9 Å². The number of anilines is 1. The van der Waals surface area contributed by atoms with Gasteiger partial charge in [0, 0.05) is 18.7 Å². The second kappa shape index (κ2) is 6.70. The fourth-order valence-electron chi connectivity index (χ4n) is 2.36. The average Bonchev–Trinajstić information content (AvgIpc) is 2.96. The Balaban J connectivity index is 2.14. The van der Waals surface area contributed by atoms with Gasteiger partial charge in [-0.1, -0.05) is 12.2 Å². The number of thiocarbonyl (C=S) groups is 1. The van der Waals surface area contributed by atoms with Crippen LogP contribution in [-0.4, -0.2) is 34.9 Å². The molecule has 1 aliphatic rings. The van der Waals surface area contributed by atoms with Crippen LogP contribution in [-0.2, 0) is 4.79 Å². The Morgan fingerprint density at radius 2 is 2.10 bits per heavy atom. The first-order valence-corrected chi connectivity index (χ1v) is 7.95. The molecule has 0 bridgehead atoms. The first-order chi connectivity index (χ1) is 9.91. The molecule has 1 atom stereocenters. The fraction of sp³-hybridized carbons (Fsp3) is 0.429. The maximum atomic E-state index is 14.3. The number of amides is 1. The monoisotopic (exact) mass is 373 g/mol. The number of halogens is 2. The molecule has 0 spiro atoms. The van der Waals surface area contributed by atoms with Crippen molar-refractivity contribution >= 4 is 44.7 Å². The van der Waals surface area contributed by atoms with E-state index in [1.54, 1.807) is 24.0 Å². The van der Waals surface area contributed by atoms with E-state index in [0.29, 0.717) is 5.56 Å². The van der Waals surface area contributed by atoms with Gasteiger partial charge in [0.05, 0.1) is 10.2 Å². The number of carbonyl (C=O) groups excluding carboxylic acids is 1. The highest BCUT2D eigenvalue weighted by atomic mass is 79.9. The van der Waals surface area contributed by atoms with Crippen molar-refractivity contribution in [2.24, 2.45) is 5.73 Å². The van der Waals surface area contributed by atoms with Crippen molar-refractivity contribution in [3.8, 4) is 0 Å². The third-order valence-corrected chi connectivity index (χ3v) is 4.50. The predicted octanol–water partition coefficient (Wildman–Crippen LogP) is 2.65. The summed E-state index contributed by atoms with van der Waals surface area (Å²) in [5.41, 5.74) is 6.21. The van der Waals surface area contributed by atoms with Crippen LogP contribution in [0.3, 0.4) is 0 Å². The molecule has 1 aromatic carbocycles. The van der Waals surface area contributed by atoms with Crippen LogP contribution < -0.4 is 11.1 Å². The summed E-state index contributed by atoms with van der Waals surface area (Å²) in [5.74, 6) is -0.511. The fourth-order valence-corrected chi connectivity index (χ4v) is 3.22. The van der Waals surface area contributed by atoms with Crippen LogP contribution in [0.4, 0.5) is 10.1 Å². The Bertz CT molecular complexity index is 576. The summed E-state index contributed by atoms with van der Waals surface area (Å²) in [4.78, 5) is 14.1. The molecule has 114 valence electrons. The molecular weight excluding hydrogens is 357 g/mol. The largest absolute Gasteiger partial charge is 0.389 e.